The number of hydrogen-bond donors (Lipinski definition) is 3. The van der Waals surface area contributed by atoms with E-state index in [0.717, 1.165) is 52.6 Å². The van der Waals surface area contributed by atoms with Crippen LogP contribution in [0.3, 0.4) is 0 Å². The van der Waals surface area contributed by atoms with Crippen molar-refractivity contribution in [2.75, 3.05) is 20.2 Å². The van der Waals surface area contributed by atoms with Gasteiger partial charge in [-0.15, -0.1) is 0 Å². The van der Waals surface area contributed by atoms with E-state index in [0.29, 0.717) is 73.9 Å². The number of halogens is 4. The molecule has 2 aromatic carbocycles. The van der Waals surface area contributed by atoms with E-state index < -0.39 is 24.1 Å². The molecule has 0 spiro atoms. The van der Waals surface area contributed by atoms with Gasteiger partial charge in [-0.3, -0.25) is 14.5 Å². The minimum absolute atomic E-state index is 0.0227. The molecule has 15 heteroatoms. The number of nitrogens with one attached hydrogen (secondary N) is 2. The number of aliphatic carboxylic acids is 1. The molecule has 0 unspecified atom stereocenters. The standard InChI is InChI=1S/C42H43Cl2F2N5O6/c1-55-37-23(19-47-20-25-9-13-35(52)48-25)8-11-33(49-37)31-7-3-6-30(36(31)44)27-4-2-5-29-28(27)10-12-34(29)56-39-32(43)18-24(38(50-39)57-41(45)46)21-51-22-42(40(53)54)16-14-26(51)15-17-42/h2-8,11,18,25-26,34,41,47H,9-10,12-17,19-22H2,1H3,(H,48,52)(H,53,54)/t25-,26?,34-,42?/m0/s1. The first kappa shape index (κ1) is 39.3. The Balaban J connectivity index is 1.01. The van der Waals surface area contributed by atoms with Crippen LogP contribution in [0.2, 0.25) is 10.0 Å². The molecule has 57 heavy (non-hydrogen) atoms. The van der Waals surface area contributed by atoms with Crippen LogP contribution in [0.1, 0.15) is 73.3 Å². The van der Waals surface area contributed by atoms with Gasteiger partial charge in [0.05, 0.1) is 23.2 Å². The van der Waals surface area contributed by atoms with Crippen molar-refractivity contribution in [2.45, 2.75) is 89.3 Å². The molecule has 2 atom stereocenters. The third-order valence-electron chi connectivity index (χ3n) is 11.9. The van der Waals surface area contributed by atoms with Gasteiger partial charge in [-0.1, -0.05) is 65.7 Å². The molecule has 1 amide bonds. The van der Waals surface area contributed by atoms with Gasteiger partial charge in [0, 0.05) is 66.9 Å². The first-order valence-corrected chi connectivity index (χ1v) is 20.0. The fraction of sp³-hybridized carbons (Fsp3) is 0.429. The second-order valence-corrected chi connectivity index (χ2v) is 16.1. The number of fused-ring (bicyclic) bond motifs is 4. The molecule has 1 saturated carbocycles. The minimum atomic E-state index is -3.13. The molecule has 4 aromatic rings. The monoisotopic (exact) mass is 821 g/mol. The van der Waals surface area contributed by atoms with Crippen LogP contribution in [0.15, 0.2) is 54.6 Å². The quantitative estimate of drug-likeness (QED) is 0.115. The molecule has 2 aliphatic carbocycles. The summed E-state index contributed by atoms with van der Waals surface area (Å²) in [5, 5.41) is 17.0. The summed E-state index contributed by atoms with van der Waals surface area (Å²) in [4.78, 5) is 34.9. The van der Waals surface area contributed by atoms with Gasteiger partial charge in [0.2, 0.25) is 23.5 Å². The van der Waals surface area contributed by atoms with Gasteiger partial charge in [-0.25, -0.2) is 4.98 Å². The Kier molecular flexibility index (Phi) is 11.3. The lowest BCUT2D eigenvalue weighted by Gasteiger charge is -2.50. The second kappa shape index (κ2) is 16.4. The number of carbonyl (C=O) groups excluding carboxylic acids is 1. The van der Waals surface area contributed by atoms with Gasteiger partial charge >= 0.3 is 12.6 Å². The van der Waals surface area contributed by atoms with Gasteiger partial charge < -0.3 is 30.0 Å². The van der Waals surface area contributed by atoms with Crippen LogP contribution in [0.5, 0.6) is 17.6 Å². The summed E-state index contributed by atoms with van der Waals surface area (Å²) < 4.78 is 44.3. The second-order valence-electron chi connectivity index (χ2n) is 15.3. The lowest BCUT2D eigenvalue weighted by molar-refractivity contribution is -0.160. The van der Waals surface area contributed by atoms with Crippen LogP contribution in [-0.4, -0.2) is 70.7 Å². The number of ether oxygens (including phenoxy) is 3. The number of nitrogens with zero attached hydrogens (tertiary/aromatic N) is 3. The van der Waals surface area contributed by atoms with E-state index in [1.807, 2.05) is 53.4 Å². The molecule has 3 N–H and O–H groups in total. The molecule has 11 nitrogen and oxygen atoms in total. The summed E-state index contributed by atoms with van der Waals surface area (Å²) in [7, 11) is 1.58. The lowest BCUT2D eigenvalue weighted by atomic mass is 9.67. The van der Waals surface area contributed by atoms with Crippen molar-refractivity contribution in [3.8, 4) is 40.0 Å². The molecule has 5 aliphatic rings. The largest absolute Gasteiger partial charge is 0.481 e. The molecule has 0 radical (unpaired) electrons. The number of amides is 1. The van der Waals surface area contributed by atoms with Crippen molar-refractivity contribution >= 4 is 35.1 Å². The van der Waals surface area contributed by atoms with E-state index >= 15 is 0 Å². The first-order chi connectivity index (χ1) is 27.5. The van der Waals surface area contributed by atoms with Gasteiger partial charge in [0.1, 0.15) is 11.1 Å². The van der Waals surface area contributed by atoms with E-state index in [1.165, 1.54) is 6.07 Å². The Labute approximate surface area is 339 Å². The zero-order chi connectivity index (χ0) is 39.8. The zero-order valence-electron chi connectivity index (χ0n) is 31.3. The smallest absolute Gasteiger partial charge is 0.388 e. The number of alkyl halides is 2. The van der Waals surface area contributed by atoms with Crippen molar-refractivity contribution in [3.05, 3.63) is 86.9 Å². The fourth-order valence-electron chi connectivity index (χ4n) is 8.96. The van der Waals surface area contributed by atoms with Crippen LogP contribution < -0.4 is 24.8 Å². The molecule has 4 fully saturated rings. The maximum absolute atomic E-state index is 13.7. The predicted molar refractivity (Wildman–Crippen MR) is 210 cm³/mol. The fourth-order valence-corrected chi connectivity index (χ4v) is 9.51. The average Bonchev–Trinajstić information content (AvgIpc) is 3.82. The van der Waals surface area contributed by atoms with Crippen LogP contribution in [0.4, 0.5) is 8.78 Å². The number of rotatable bonds is 14. The molecule has 3 saturated heterocycles. The minimum Gasteiger partial charge on any atom is -0.481 e. The third kappa shape index (κ3) is 7.99. The van der Waals surface area contributed by atoms with Gasteiger partial charge in [0.25, 0.3) is 0 Å². The predicted octanol–water partition coefficient (Wildman–Crippen LogP) is 7.99. The molecule has 5 heterocycles. The normalized spacial score (nSPS) is 22.8. The SMILES string of the molecule is COc1nc(-c2cccc(-c3cccc4c3CC[C@@H]4Oc3nc(OC(F)F)c(CN4CC5(C(=O)O)CCC4CC5)cc3Cl)c2Cl)ccc1CNC[C@@H]1CCC(=O)N1. The van der Waals surface area contributed by atoms with Crippen molar-refractivity contribution in [1.82, 2.24) is 25.5 Å². The number of methoxy groups -OCH3 is 1. The highest BCUT2D eigenvalue weighted by Crippen LogP contribution is 2.47. The summed E-state index contributed by atoms with van der Waals surface area (Å²) >= 11 is 13.9. The van der Waals surface area contributed by atoms with E-state index in [2.05, 4.69) is 15.6 Å². The molecular weight excluding hydrogens is 779 g/mol. The highest BCUT2D eigenvalue weighted by Gasteiger charge is 2.49. The first-order valence-electron chi connectivity index (χ1n) is 19.3. The number of pyridine rings is 2. The number of benzene rings is 2. The van der Waals surface area contributed by atoms with E-state index in [1.54, 1.807) is 7.11 Å². The molecule has 2 aromatic heterocycles. The number of carboxylic acid groups (broad SMARTS) is 1. The lowest BCUT2D eigenvalue weighted by Crippen LogP contribution is -2.56. The highest BCUT2D eigenvalue weighted by molar-refractivity contribution is 6.36. The Morgan fingerprint density at radius 2 is 1.75 bits per heavy atom. The Bertz CT molecular complexity index is 2180. The molecular formula is C42H43Cl2F2N5O6. The summed E-state index contributed by atoms with van der Waals surface area (Å²) in [6.45, 7) is -1.46. The van der Waals surface area contributed by atoms with Crippen molar-refractivity contribution < 1.29 is 37.7 Å². The van der Waals surface area contributed by atoms with Gasteiger partial charge in [-0.05, 0) is 73.8 Å². The van der Waals surface area contributed by atoms with Gasteiger partial charge in [-0.2, -0.15) is 13.8 Å². The Hall–Kier alpha value is -4.56. The molecule has 3 aliphatic heterocycles. The van der Waals surface area contributed by atoms with Crippen LogP contribution in [-0.2, 0) is 29.1 Å². The van der Waals surface area contributed by atoms with E-state index in [9.17, 15) is 23.5 Å². The van der Waals surface area contributed by atoms with Crippen LogP contribution in [0.25, 0.3) is 22.4 Å². The summed E-state index contributed by atoms with van der Waals surface area (Å²) in [6.07, 6.45) is 4.78. The van der Waals surface area contributed by atoms with Gasteiger partial charge in [0.15, 0.2) is 0 Å². The number of hydrogen-bond acceptors (Lipinski definition) is 9. The van der Waals surface area contributed by atoms with E-state index in [-0.39, 0.29) is 41.3 Å². The Morgan fingerprint density at radius 3 is 2.49 bits per heavy atom. The summed E-state index contributed by atoms with van der Waals surface area (Å²) in [6, 6.07) is 17.4. The number of carboxylic acids is 1. The topological polar surface area (TPSA) is 135 Å². The van der Waals surface area contributed by atoms with Crippen molar-refractivity contribution in [3.63, 3.8) is 0 Å². The molecule has 9 rings (SSSR count). The number of carbonyl (C=O) groups is 2. The summed E-state index contributed by atoms with van der Waals surface area (Å²) in [5.74, 6) is -0.587. The van der Waals surface area contributed by atoms with Crippen molar-refractivity contribution in [1.29, 1.82) is 0 Å². The average molecular weight is 823 g/mol. The molecule has 300 valence electrons. The Morgan fingerprint density at radius 1 is 0.982 bits per heavy atom. The van der Waals surface area contributed by atoms with E-state index in [4.69, 9.17) is 42.4 Å². The molecule has 2 bridgehead atoms. The summed E-state index contributed by atoms with van der Waals surface area (Å²) in [5.41, 5.74) is 5.47. The van der Waals surface area contributed by atoms with Crippen molar-refractivity contribution in [2.24, 2.45) is 5.41 Å². The maximum atomic E-state index is 13.7. The zero-order valence-corrected chi connectivity index (χ0v) is 32.8. The van der Waals surface area contributed by atoms with Crippen LogP contribution in [0, 0.1) is 5.41 Å². The highest BCUT2D eigenvalue weighted by atomic mass is 35.5. The van der Waals surface area contributed by atoms with Crippen LogP contribution >= 0.6 is 23.2 Å². The third-order valence-corrected chi connectivity index (χ3v) is 12.6. The number of piperidine rings is 2. The number of aromatic nitrogens is 2. The maximum Gasteiger partial charge on any atom is 0.388 e.